The van der Waals surface area contributed by atoms with Gasteiger partial charge in [-0.2, -0.15) is 0 Å². The monoisotopic (exact) mass is 335 g/mol. The summed E-state index contributed by atoms with van der Waals surface area (Å²) in [6.45, 7) is 0. The molecule has 0 amide bonds. The number of hydrogen-bond donors (Lipinski definition) is 2. The Labute approximate surface area is 122 Å². The van der Waals surface area contributed by atoms with Gasteiger partial charge in [0.05, 0.1) is 9.90 Å². The topological polar surface area (TPSA) is 83.5 Å². The van der Waals surface area contributed by atoms with Gasteiger partial charge in [-0.1, -0.05) is 11.6 Å². The Hall–Kier alpha value is -1.64. The summed E-state index contributed by atoms with van der Waals surface area (Å²) in [5.41, 5.74) is -0.664. The first-order valence-corrected chi connectivity index (χ1v) is 7.78. The molecule has 0 radical (unpaired) electrons. The first kappa shape index (κ1) is 14.8. The lowest BCUT2D eigenvalue weighted by Gasteiger charge is -2.07. The van der Waals surface area contributed by atoms with Gasteiger partial charge in [-0.05, 0) is 30.3 Å². The first-order chi connectivity index (χ1) is 9.29. The van der Waals surface area contributed by atoms with Crippen LogP contribution in [0.15, 0.2) is 34.5 Å². The van der Waals surface area contributed by atoms with Crippen molar-refractivity contribution in [2.75, 3.05) is 4.72 Å². The summed E-state index contributed by atoms with van der Waals surface area (Å²) in [6.07, 6.45) is 0. The minimum absolute atomic E-state index is 0.0244. The Morgan fingerprint density at radius 2 is 2.00 bits per heavy atom. The summed E-state index contributed by atoms with van der Waals surface area (Å²) in [5.74, 6) is -2.43. The molecule has 1 heterocycles. The van der Waals surface area contributed by atoms with Crippen LogP contribution < -0.4 is 4.72 Å². The molecule has 20 heavy (non-hydrogen) atoms. The van der Waals surface area contributed by atoms with E-state index >= 15 is 0 Å². The minimum atomic E-state index is -3.88. The molecule has 0 unspecified atom stereocenters. The van der Waals surface area contributed by atoms with E-state index in [-0.39, 0.29) is 9.90 Å². The largest absolute Gasteiger partial charge is 0.478 e. The van der Waals surface area contributed by atoms with Crippen LogP contribution in [0.25, 0.3) is 0 Å². The molecule has 0 saturated heterocycles. The second kappa shape index (κ2) is 5.39. The fraction of sp³-hybridized carbons (Fsp3) is 0. The number of halogens is 2. The molecule has 0 saturated carbocycles. The lowest BCUT2D eigenvalue weighted by molar-refractivity contribution is 0.0692. The predicted octanol–water partition coefficient (Wildman–Crippen LogP) is 3.04. The zero-order chi connectivity index (χ0) is 14.9. The van der Waals surface area contributed by atoms with Crippen molar-refractivity contribution >= 4 is 44.6 Å². The van der Waals surface area contributed by atoms with Crippen LogP contribution in [-0.2, 0) is 10.0 Å². The molecule has 1 aromatic carbocycles. The second-order valence-corrected chi connectivity index (χ2v) is 7.29. The zero-order valence-corrected chi connectivity index (χ0v) is 12.0. The van der Waals surface area contributed by atoms with E-state index in [1.165, 1.54) is 12.1 Å². The highest BCUT2D eigenvalue weighted by Crippen LogP contribution is 2.27. The zero-order valence-electron chi connectivity index (χ0n) is 9.63. The standard InChI is InChI=1S/C11H7ClFNO4S2/c12-9-3-4-10(19-9)20(17,18)14-6-1-2-8(13)7(5-6)11(15)16/h1-5,14H,(H,15,16). The van der Waals surface area contributed by atoms with Gasteiger partial charge in [0.25, 0.3) is 10.0 Å². The third kappa shape index (κ3) is 3.09. The number of anilines is 1. The maximum atomic E-state index is 13.2. The number of sulfonamides is 1. The van der Waals surface area contributed by atoms with Crippen molar-refractivity contribution in [3.05, 3.63) is 46.0 Å². The minimum Gasteiger partial charge on any atom is -0.478 e. The predicted molar refractivity (Wildman–Crippen MR) is 73.5 cm³/mol. The van der Waals surface area contributed by atoms with E-state index < -0.39 is 27.4 Å². The smallest absolute Gasteiger partial charge is 0.338 e. The normalized spacial score (nSPS) is 11.3. The Balaban J connectivity index is 2.35. The van der Waals surface area contributed by atoms with E-state index in [0.29, 0.717) is 4.34 Å². The van der Waals surface area contributed by atoms with Crippen molar-refractivity contribution in [1.82, 2.24) is 0 Å². The number of rotatable bonds is 4. The molecule has 0 aliphatic rings. The van der Waals surface area contributed by atoms with Gasteiger partial charge < -0.3 is 5.11 Å². The van der Waals surface area contributed by atoms with E-state index in [9.17, 15) is 17.6 Å². The summed E-state index contributed by atoms with van der Waals surface area (Å²) in [4.78, 5) is 10.8. The Morgan fingerprint density at radius 1 is 1.30 bits per heavy atom. The fourth-order valence-electron chi connectivity index (χ4n) is 1.40. The number of thiophene rings is 1. The van der Waals surface area contributed by atoms with Gasteiger partial charge in [0, 0.05) is 5.69 Å². The fourth-order valence-corrected chi connectivity index (χ4v) is 3.93. The molecule has 1 aromatic heterocycles. The molecule has 0 aliphatic heterocycles. The SMILES string of the molecule is O=C(O)c1cc(NS(=O)(=O)c2ccc(Cl)s2)ccc1F. The van der Waals surface area contributed by atoms with Gasteiger partial charge >= 0.3 is 5.97 Å². The molecule has 0 atom stereocenters. The number of carbonyl (C=O) groups is 1. The van der Waals surface area contributed by atoms with Crippen molar-refractivity contribution < 1.29 is 22.7 Å². The first-order valence-electron chi connectivity index (χ1n) is 5.10. The van der Waals surface area contributed by atoms with E-state index in [0.717, 1.165) is 29.5 Å². The van der Waals surface area contributed by atoms with Crippen LogP contribution in [0.5, 0.6) is 0 Å². The summed E-state index contributed by atoms with van der Waals surface area (Å²) >= 11 is 6.51. The average molecular weight is 336 g/mol. The van der Waals surface area contributed by atoms with Crippen LogP contribution in [0.2, 0.25) is 4.34 Å². The van der Waals surface area contributed by atoms with Gasteiger partial charge in [-0.15, -0.1) is 11.3 Å². The maximum absolute atomic E-state index is 13.2. The Morgan fingerprint density at radius 3 is 2.55 bits per heavy atom. The highest BCUT2D eigenvalue weighted by molar-refractivity contribution is 7.94. The third-order valence-corrected chi connectivity index (χ3v) is 5.37. The van der Waals surface area contributed by atoms with Crippen molar-refractivity contribution in [2.24, 2.45) is 0 Å². The van der Waals surface area contributed by atoms with Crippen molar-refractivity contribution in [2.45, 2.75) is 4.21 Å². The maximum Gasteiger partial charge on any atom is 0.338 e. The van der Waals surface area contributed by atoms with Gasteiger partial charge in [0.2, 0.25) is 0 Å². The van der Waals surface area contributed by atoms with E-state index in [1.54, 1.807) is 0 Å². The second-order valence-electron chi connectivity index (χ2n) is 3.66. The van der Waals surface area contributed by atoms with E-state index in [4.69, 9.17) is 16.7 Å². The van der Waals surface area contributed by atoms with Gasteiger partial charge in [-0.25, -0.2) is 17.6 Å². The quantitative estimate of drug-likeness (QED) is 0.899. The molecule has 0 aliphatic carbocycles. The lowest BCUT2D eigenvalue weighted by atomic mass is 10.2. The van der Waals surface area contributed by atoms with Gasteiger partial charge in [0.15, 0.2) is 0 Å². The molecule has 2 N–H and O–H groups in total. The molecule has 0 bridgehead atoms. The summed E-state index contributed by atoms with van der Waals surface area (Å²) in [5, 5.41) is 8.78. The molecule has 0 fully saturated rings. The van der Waals surface area contributed by atoms with Crippen LogP contribution >= 0.6 is 22.9 Å². The molecule has 2 rings (SSSR count). The molecular formula is C11H7ClFNO4S2. The van der Waals surface area contributed by atoms with E-state index in [1.807, 2.05) is 0 Å². The van der Waals surface area contributed by atoms with Crippen LogP contribution in [0.3, 0.4) is 0 Å². The van der Waals surface area contributed by atoms with Crippen LogP contribution in [0.4, 0.5) is 10.1 Å². The summed E-state index contributed by atoms with van der Waals surface area (Å²) < 4.78 is 39.6. The Bertz CT molecular complexity index is 772. The number of carboxylic acids is 1. The van der Waals surface area contributed by atoms with Gasteiger partial charge in [0.1, 0.15) is 10.0 Å². The molecule has 5 nitrogen and oxygen atoms in total. The highest BCUT2D eigenvalue weighted by Gasteiger charge is 2.18. The van der Waals surface area contributed by atoms with Gasteiger partial charge in [-0.3, -0.25) is 4.72 Å². The lowest BCUT2D eigenvalue weighted by Crippen LogP contribution is -2.12. The number of aromatic carboxylic acids is 1. The van der Waals surface area contributed by atoms with Crippen molar-refractivity contribution in [3.8, 4) is 0 Å². The van der Waals surface area contributed by atoms with Crippen molar-refractivity contribution in [1.29, 1.82) is 0 Å². The summed E-state index contributed by atoms with van der Waals surface area (Å²) in [7, 11) is -3.88. The number of nitrogens with one attached hydrogen (secondary N) is 1. The van der Waals surface area contributed by atoms with Crippen molar-refractivity contribution in [3.63, 3.8) is 0 Å². The number of benzene rings is 1. The molecular weight excluding hydrogens is 329 g/mol. The summed E-state index contributed by atoms with van der Waals surface area (Å²) in [6, 6.07) is 5.66. The third-order valence-electron chi connectivity index (χ3n) is 2.26. The van der Waals surface area contributed by atoms with Crippen LogP contribution in [0.1, 0.15) is 10.4 Å². The van der Waals surface area contributed by atoms with Crippen LogP contribution in [0, 0.1) is 5.82 Å². The highest BCUT2D eigenvalue weighted by atomic mass is 35.5. The molecule has 2 aromatic rings. The van der Waals surface area contributed by atoms with E-state index in [2.05, 4.69) is 4.72 Å². The average Bonchev–Trinajstić information content (AvgIpc) is 2.78. The number of carboxylic acid groups (broad SMARTS) is 1. The number of hydrogen-bond acceptors (Lipinski definition) is 4. The molecule has 106 valence electrons. The molecule has 0 spiro atoms. The Kier molecular flexibility index (Phi) is 3.98. The molecule has 9 heteroatoms. The van der Waals surface area contributed by atoms with Crippen LogP contribution in [-0.4, -0.2) is 19.5 Å².